The Morgan fingerprint density at radius 3 is 2.56 bits per heavy atom. The highest BCUT2D eigenvalue weighted by molar-refractivity contribution is 7.15. The third-order valence-electron chi connectivity index (χ3n) is 6.81. The number of aromatic nitrogens is 1. The molecule has 5 rings (SSSR count). The van der Waals surface area contributed by atoms with E-state index in [9.17, 15) is 20.1 Å². The predicted octanol–water partition coefficient (Wildman–Crippen LogP) is 4.51. The molecule has 3 heterocycles. The van der Waals surface area contributed by atoms with Gasteiger partial charge in [0.15, 0.2) is 11.5 Å². The molecule has 9 nitrogen and oxygen atoms in total. The van der Waals surface area contributed by atoms with Gasteiger partial charge >= 0.3 is 5.97 Å². The third-order valence-corrected chi connectivity index (χ3v) is 8.91. The van der Waals surface area contributed by atoms with Gasteiger partial charge in [-0.25, -0.2) is 9.78 Å². The lowest BCUT2D eigenvalue weighted by Gasteiger charge is -2.40. The second kappa shape index (κ2) is 12.9. The molecule has 1 saturated heterocycles. The van der Waals surface area contributed by atoms with Crippen LogP contribution in [0.3, 0.4) is 0 Å². The smallest absolute Gasteiger partial charge is 0.338 e. The minimum absolute atomic E-state index is 0.205. The number of rotatable bonds is 9. The molecule has 3 N–H and O–H groups in total. The average Bonchev–Trinajstić information content (AvgIpc) is 3.69. The van der Waals surface area contributed by atoms with Gasteiger partial charge in [0.2, 0.25) is 0 Å². The Balaban J connectivity index is 1.30. The molecule has 1 aliphatic heterocycles. The lowest BCUT2D eigenvalue weighted by atomic mass is 9.90. The zero-order valence-electron chi connectivity index (χ0n) is 22.1. The van der Waals surface area contributed by atoms with Crippen molar-refractivity contribution in [3.63, 3.8) is 0 Å². The number of esters is 1. The molecule has 0 amide bonds. The number of aliphatic hydroxyl groups is 3. The van der Waals surface area contributed by atoms with E-state index in [-0.39, 0.29) is 12.2 Å². The Kier molecular flexibility index (Phi) is 9.25. The van der Waals surface area contributed by atoms with E-state index in [2.05, 4.69) is 10.4 Å². The van der Waals surface area contributed by atoms with Crippen LogP contribution in [0, 0.1) is 0 Å². The number of methoxy groups -OCH3 is 2. The molecule has 0 unspecified atom stereocenters. The number of thiazole rings is 1. The van der Waals surface area contributed by atoms with Gasteiger partial charge in [-0.05, 0) is 52.2 Å². The molecule has 216 valence electrons. The Labute approximate surface area is 249 Å². The highest BCUT2D eigenvalue weighted by Gasteiger charge is 2.44. The molecule has 1 fully saturated rings. The summed E-state index contributed by atoms with van der Waals surface area (Å²) < 4.78 is 21.8. The average molecular weight is 618 g/mol. The number of hydrogen-bond donors (Lipinski definition) is 3. The number of halogens is 1. The van der Waals surface area contributed by atoms with Crippen molar-refractivity contribution in [1.82, 2.24) is 4.98 Å². The number of aliphatic hydroxyl groups excluding tert-OH is 3. The molecule has 0 radical (unpaired) electrons. The Bertz CT molecular complexity index is 1490. The molecule has 2 aromatic heterocycles. The number of carbonyl (C=O) groups is 1. The van der Waals surface area contributed by atoms with Crippen LogP contribution < -0.4 is 9.47 Å². The monoisotopic (exact) mass is 617 g/mol. The third kappa shape index (κ3) is 6.41. The summed E-state index contributed by atoms with van der Waals surface area (Å²) >= 11 is 9.69. The van der Waals surface area contributed by atoms with E-state index in [1.807, 2.05) is 17.6 Å². The van der Waals surface area contributed by atoms with E-state index in [0.717, 1.165) is 21.0 Å². The zero-order chi connectivity index (χ0) is 29.1. The van der Waals surface area contributed by atoms with Crippen LogP contribution in [0.4, 0.5) is 0 Å². The van der Waals surface area contributed by atoms with Crippen LogP contribution in [0.15, 0.2) is 59.4 Å². The van der Waals surface area contributed by atoms with Crippen LogP contribution in [0.1, 0.15) is 32.6 Å². The first kappa shape index (κ1) is 29.5. The van der Waals surface area contributed by atoms with E-state index in [1.54, 1.807) is 46.9 Å². The van der Waals surface area contributed by atoms with E-state index in [0.29, 0.717) is 28.5 Å². The van der Waals surface area contributed by atoms with Gasteiger partial charge in [-0.15, -0.1) is 11.3 Å². The summed E-state index contributed by atoms with van der Waals surface area (Å²) in [5.41, 5.74) is 2.64. The van der Waals surface area contributed by atoms with Gasteiger partial charge in [-0.3, -0.25) is 0 Å². The first-order valence-corrected chi connectivity index (χ1v) is 14.8. The molecular formula is C29H28ClNO8S2. The van der Waals surface area contributed by atoms with E-state index >= 15 is 0 Å². The second-order valence-electron chi connectivity index (χ2n) is 9.39. The summed E-state index contributed by atoms with van der Waals surface area (Å²) in [4.78, 5) is 18.3. The first-order valence-electron chi connectivity index (χ1n) is 12.6. The number of carbonyl (C=O) groups excluding carboxylic acids is 1. The van der Waals surface area contributed by atoms with Gasteiger partial charge in [0.25, 0.3) is 0 Å². The summed E-state index contributed by atoms with van der Waals surface area (Å²) in [6, 6.07) is 11.8. The van der Waals surface area contributed by atoms with Crippen LogP contribution in [-0.2, 0) is 15.9 Å². The number of ether oxygens (including phenoxy) is 4. The van der Waals surface area contributed by atoms with Crippen molar-refractivity contribution < 1.29 is 39.1 Å². The molecule has 1 aliphatic rings. The first-order chi connectivity index (χ1) is 19.8. The van der Waals surface area contributed by atoms with E-state index in [1.165, 1.54) is 26.4 Å². The summed E-state index contributed by atoms with van der Waals surface area (Å²) in [5, 5.41) is 37.5. The largest absolute Gasteiger partial charge is 0.493 e. The second-order valence-corrected chi connectivity index (χ2v) is 11.7. The van der Waals surface area contributed by atoms with Crippen LogP contribution >= 0.6 is 34.3 Å². The Hall–Kier alpha value is -3.03. The van der Waals surface area contributed by atoms with Crippen LogP contribution in [-0.4, -0.2) is 71.5 Å². The fraction of sp³-hybridized carbons (Fsp3) is 0.310. The van der Waals surface area contributed by atoms with Crippen LogP contribution in [0.25, 0.3) is 10.4 Å². The molecule has 41 heavy (non-hydrogen) atoms. The molecule has 2 aromatic carbocycles. The lowest BCUT2D eigenvalue weighted by Crippen LogP contribution is -2.55. The van der Waals surface area contributed by atoms with Gasteiger partial charge in [0.1, 0.15) is 37.1 Å². The van der Waals surface area contributed by atoms with Crippen molar-refractivity contribution >= 4 is 40.2 Å². The summed E-state index contributed by atoms with van der Waals surface area (Å²) in [5.74, 6) is 0.126. The predicted molar refractivity (Wildman–Crippen MR) is 155 cm³/mol. The Morgan fingerprint density at radius 1 is 1.02 bits per heavy atom. The lowest BCUT2D eigenvalue weighted by molar-refractivity contribution is -0.231. The maximum absolute atomic E-state index is 12.7. The topological polar surface area (TPSA) is 128 Å². The quantitative estimate of drug-likeness (QED) is 0.232. The highest BCUT2D eigenvalue weighted by atomic mass is 35.5. The molecular weight excluding hydrogens is 590 g/mol. The fourth-order valence-corrected chi connectivity index (χ4v) is 6.42. The van der Waals surface area contributed by atoms with Crippen molar-refractivity contribution in [2.75, 3.05) is 20.8 Å². The number of thiophene rings is 1. The summed E-state index contributed by atoms with van der Waals surface area (Å²) in [6.07, 6.45) is -4.27. The number of hydrogen-bond acceptors (Lipinski definition) is 11. The molecule has 0 bridgehead atoms. The van der Waals surface area contributed by atoms with Gasteiger partial charge in [0, 0.05) is 23.2 Å². The van der Waals surface area contributed by atoms with Gasteiger partial charge < -0.3 is 34.3 Å². The highest BCUT2D eigenvalue weighted by Crippen LogP contribution is 2.36. The van der Waals surface area contributed by atoms with Crippen LogP contribution in [0.2, 0.25) is 5.02 Å². The fourth-order valence-electron chi connectivity index (χ4n) is 4.57. The summed E-state index contributed by atoms with van der Waals surface area (Å²) in [6.45, 7) is -0.362. The zero-order valence-corrected chi connectivity index (χ0v) is 24.5. The van der Waals surface area contributed by atoms with Gasteiger partial charge in [-0.1, -0.05) is 23.7 Å². The van der Waals surface area contributed by atoms with Crippen LogP contribution in [0.5, 0.6) is 11.5 Å². The van der Waals surface area contributed by atoms with Crippen molar-refractivity contribution in [2.24, 2.45) is 0 Å². The standard InChI is InChI=1S/C29H28ClNO8S2/c1-36-20-6-4-16(10-21(20)37-2)29(35)38-13-22-25(32)26(33)27(34)28(39-22)15-3-5-19(30)18(9-15)11-24-31-12-23(41-24)17-7-8-40-14-17/h3-10,12,14,22,25-28,32-34H,11,13H2,1-2H3/t22-,25-,26+,27-,28+/m1/s1. The van der Waals surface area contributed by atoms with Crippen molar-refractivity contribution in [3.05, 3.63) is 86.1 Å². The van der Waals surface area contributed by atoms with E-state index < -0.39 is 36.5 Å². The van der Waals surface area contributed by atoms with Crippen molar-refractivity contribution in [2.45, 2.75) is 36.9 Å². The maximum atomic E-state index is 12.7. The SMILES string of the molecule is COc1ccc(C(=O)OC[C@H]2O[C@@H](c3ccc(Cl)c(Cc4ncc(-c5ccsc5)s4)c3)[C@H](O)[C@@H](O)[C@@H]2O)cc1OC. The summed E-state index contributed by atoms with van der Waals surface area (Å²) in [7, 11) is 2.94. The van der Waals surface area contributed by atoms with Gasteiger partial charge in [0.05, 0.1) is 29.7 Å². The molecule has 4 aromatic rings. The molecule has 0 aliphatic carbocycles. The maximum Gasteiger partial charge on any atom is 0.338 e. The minimum Gasteiger partial charge on any atom is -0.493 e. The Morgan fingerprint density at radius 2 is 1.83 bits per heavy atom. The molecule has 12 heteroatoms. The molecule has 0 spiro atoms. The minimum atomic E-state index is -1.54. The van der Waals surface area contributed by atoms with Crippen molar-refractivity contribution in [3.8, 4) is 21.9 Å². The normalized spacial score (nSPS) is 22.3. The van der Waals surface area contributed by atoms with E-state index in [4.69, 9.17) is 30.5 Å². The molecule has 0 saturated carbocycles. The van der Waals surface area contributed by atoms with Gasteiger partial charge in [-0.2, -0.15) is 11.3 Å². The van der Waals surface area contributed by atoms with Crippen molar-refractivity contribution in [1.29, 1.82) is 0 Å². The number of benzene rings is 2. The number of nitrogens with zero attached hydrogens (tertiary/aromatic N) is 1. The molecule has 5 atom stereocenters.